The third kappa shape index (κ3) is 5.07. The van der Waals surface area contributed by atoms with Crippen molar-refractivity contribution in [2.24, 2.45) is 0 Å². The molecule has 0 fully saturated rings. The second kappa shape index (κ2) is 7.39. The molecule has 0 radical (unpaired) electrons. The van der Waals surface area contributed by atoms with E-state index in [1.165, 1.54) is 5.56 Å². The highest BCUT2D eigenvalue weighted by molar-refractivity contribution is 5.29. The molecule has 0 aliphatic heterocycles. The molecule has 0 saturated heterocycles. The van der Waals surface area contributed by atoms with Gasteiger partial charge >= 0.3 is 0 Å². The van der Waals surface area contributed by atoms with Gasteiger partial charge in [0.1, 0.15) is 5.75 Å². The van der Waals surface area contributed by atoms with Crippen LogP contribution in [0.15, 0.2) is 24.3 Å². The van der Waals surface area contributed by atoms with Crippen LogP contribution in [0.4, 0.5) is 0 Å². The smallest absolute Gasteiger partial charge is 0.119 e. The Morgan fingerprint density at radius 1 is 1.17 bits per heavy atom. The molecule has 2 N–H and O–H groups in total. The van der Waals surface area contributed by atoms with Crippen LogP contribution in [0.1, 0.15) is 45.7 Å². The van der Waals surface area contributed by atoms with Gasteiger partial charge in [0.05, 0.1) is 12.2 Å². The van der Waals surface area contributed by atoms with E-state index in [1.807, 2.05) is 32.9 Å². The second-order valence-corrected chi connectivity index (χ2v) is 4.93. The van der Waals surface area contributed by atoms with Gasteiger partial charge in [0.2, 0.25) is 0 Å². The van der Waals surface area contributed by atoms with Crippen molar-refractivity contribution in [2.75, 3.05) is 6.54 Å². The molecule has 3 heteroatoms. The summed E-state index contributed by atoms with van der Waals surface area (Å²) < 4.78 is 5.60. The van der Waals surface area contributed by atoms with E-state index in [0.29, 0.717) is 6.54 Å². The number of hydrogen-bond donors (Lipinski definition) is 2. The Balaban J connectivity index is 2.50. The van der Waals surface area contributed by atoms with Gasteiger partial charge in [0.15, 0.2) is 0 Å². The topological polar surface area (TPSA) is 41.5 Å². The Kier molecular flexibility index (Phi) is 6.16. The van der Waals surface area contributed by atoms with Crippen LogP contribution in [0.5, 0.6) is 5.75 Å². The van der Waals surface area contributed by atoms with Gasteiger partial charge in [0.25, 0.3) is 0 Å². The van der Waals surface area contributed by atoms with Crippen LogP contribution in [-0.4, -0.2) is 23.9 Å². The number of aliphatic hydroxyl groups is 1. The normalized spacial score (nSPS) is 14.6. The van der Waals surface area contributed by atoms with Gasteiger partial charge in [-0.3, -0.25) is 0 Å². The maximum absolute atomic E-state index is 9.51. The molecule has 0 amide bonds. The standard InChI is InChI=1S/C15H25NO2/c1-5-14(17)10-16-12(4)13-6-8-15(9-7-13)18-11(2)3/h6-9,11-12,14,16-17H,5,10H2,1-4H3/t12?,14-/m1/s1. The first-order chi connectivity index (χ1) is 8.52. The Labute approximate surface area is 110 Å². The number of benzene rings is 1. The van der Waals surface area contributed by atoms with Gasteiger partial charge in [0, 0.05) is 12.6 Å². The summed E-state index contributed by atoms with van der Waals surface area (Å²) in [5.41, 5.74) is 1.20. The van der Waals surface area contributed by atoms with Gasteiger partial charge in [-0.1, -0.05) is 19.1 Å². The quantitative estimate of drug-likeness (QED) is 0.783. The molecule has 3 nitrogen and oxygen atoms in total. The summed E-state index contributed by atoms with van der Waals surface area (Å²) in [5.74, 6) is 0.898. The Morgan fingerprint density at radius 3 is 2.28 bits per heavy atom. The molecule has 2 atom stereocenters. The molecule has 0 saturated carbocycles. The highest BCUT2D eigenvalue weighted by Crippen LogP contribution is 2.18. The van der Waals surface area contributed by atoms with Crippen LogP contribution in [0.3, 0.4) is 0 Å². The van der Waals surface area contributed by atoms with Crippen molar-refractivity contribution in [3.63, 3.8) is 0 Å². The molecule has 0 spiro atoms. The van der Waals surface area contributed by atoms with Crippen LogP contribution in [-0.2, 0) is 0 Å². The lowest BCUT2D eigenvalue weighted by Crippen LogP contribution is -2.28. The van der Waals surface area contributed by atoms with E-state index < -0.39 is 0 Å². The second-order valence-electron chi connectivity index (χ2n) is 4.93. The molecule has 0 aliphatic rings. The average Bonchev–Trinajstić information content (AvgIpc) is 2.35. The van der Waals surface area contributed by atoms with E-state index in [2.05, 4.69) is 24.4 Å². The highest BCUT2D eigenvalue weighted by Gasteiger charge is 2.07. The largest absolute Gasteiger partial charge is 0.491 e. The van der Waals surface area contributed by atoms with Crippen molar-refractivity contribution in [1.82, 2.24) is 5.32 Å². The predicted molar refractivity (Wildman–Crippen MR) is 74.9 cm³/mol. The summed E-state index contributed by atoms with van der Waals surface area (Å²) in [6.45, 7) is 8.74. The van der Waals surface area contributed by atoms with Crippen molar-refractivity contribution < 1.29 is 9.84 Å². The number of nitrogens with one attached hydrogen (secondary N) is 1. The molecule has 1 aromatic rings. The predicted octanol–water partition coefficient (Wildman–Crippen LogP) is 2.90. The molecular formula is C15H25NO2. The molecule has 102 valence electrons. The third-order valence-corrected chi connectivity index (χ3v) is 2.88. The van der Waals surface area contributed by atoms with Crippen LogP contribution >= 0.6 is 0 Å². The van der Waals surface area contributed by atoms with E-state index >= 15 is 0 Å². The minimum absolute atomic E-state index is 0.200. The molecule has 1 rings (SSSR count). The maximum atomic E-state index is 9.51. The van der Waals surface area contributed by atoms with Crippen LogP contribution in [0, 0.1) is 0 Å². The van der Waals surface area contributed by atoms with Gasteiger partial charge in [-0.25, -0.2) is 0 Å². The van der Waals surface area contributed by atoms with Gasteiger partial charge in [-0.15, -0.1) is 0 Å². The number of hydrogen-bond acceptors (Lipinski definition) is 3. The first-order valence-electron chi connectivity index (χ1n) is 6.71. The molecule has 0 bridgehead atoms. The lowest BCUT2D eigenvalue weighted by atomic mass is 10.1. The highest BCUT2D eigenvalue weighted by atomic mass is 16.5. The summed E-state index contributed by atoms with van der Waals surface area (Å²) in [5, 5.41) is 12.8. The van der Waals surface area contributed by atoms with Crippen molar-refractivity contribution in [1.29, 1.82) is 0 Å². The minimum Gasteiger partial charge on any atom is -0.491 e. The SMILES string of the molecule is CC[C@@H](O)CNC(C)c1ccc(OC(C)C)cc1. The van der Waals surface area contributed by atoms with Crippen molar-refractivity contribution in [3.05, 3.63) is 29.8 Å². The Morgan fingerprint density at radius 2 is 1.78 bits per heavy atom. The summed E-state index contributed by atoms with van der Waals surface area (Å²) in [6.07, 6.45) is 0.711. The third-order valence-electron chi connectivity index (χ3n) is 2.88. The van der Waals surface area contributed by atoms with Crippen molar-refractivity contribution in [3.8, 4) is 5.75 Å². The maximum Gasteiger partial charge on any atom is 0.119 e. The minimum atomic E-state index is -0.268. The molecule has 0 heterocycles. The van der Waals surface area contributed by atoms with Gasteiger partial charge < -0.3 is 15.2 Å². The van der Waals surface area contributed by atoms with Crippen LogP contribution in [0.2, 0.25) is 0 Å². The molecule has 1 unspecified atom stereocenters. The van der Waals surface area contributed by atoms with Gasteiger partial charge in [-0.2, -0.15) is 0 Å². The fraction of sp³-hybridized carbons (Fsp3) is 0.600. The first kappa shape index (κ1) is 15.0. The van der Waals surface area contributed by atoms with Crippen molar-refractivity contribution in [2.45, 2.75) is 52.4 Å². The first-order valence-corrected chi connectivity index (χ1v) is 6.71. The molecule has 0 aliphatic carbocycles. The summed E-state index contributed by atoms with van der Waals surface area (Å²) in [4.78, 5) is 0. The summed E-state index contributed by atoms with van der Waals surface area (Å²) >= 11 is 0. The molecule has 0 aromatic heterocycles. The number of aliphatic hydroxyl groups excluding tert-OH is 1. The molecular weight excluding hydrogens is 226 g/mol. The van der Waals surface area contributed by atoms with E-state index in [-0.39, 0.29) is 18.2 Å². The number of ether oxygens (including phenoxy) is 1. The van der Waals surface area contributed by atoms with E-state index in [1.54, 1.807) is 0 Å². The molecule has 18 heavy (non-hydrogen) atoms. The van der Waals surface area contributed by atoms with E-state index in [4.69, 9.17) is 4.74 Å². The van der Waals surface area contributed by atoms with Crippen LogP contribution in [0.25, 0.3) is 0 Å². The van der Waals surface area contributed by atoms with E-state index in [0.717, 1.165) is 12.2 Å². The monoisotopic (exact) mass is 251 g/mol. The van der Waals surface area contributed by atoms with Crippen molar-refractivity contribution >= 4 is 0 Å². The fourth-order valence-corrected chi connectivity index (χ4v) is 1.68. The average molecular weight is 251 g/mol. The Hall–Kier alpha value is -1.06. The zero-order valence-electron chi connectivity index (χ0n) is 11.8. The lowest BCUT2D eigenvalue weighted by molar-refractivity contribution is 0.163. The summed E-state index contributed by atoms with van der Waals surface area (Å²) in [7, 11) is 0. The zero-order chi connectivity index (χ0) is 13.5. The lowest BCUT2D eigenvalue weighted by Gasteiger charge is -2.17. The van der Waals surface area contributed by atoms with E-state index in [9.17, 15) is 5.11 Å². The fourth-order valence-electron chi connectivity index (χ4n) is 1.68. The molecule has 1 aromatic carbocycles. The van der Waals surface area contributed by atoms with Crippen LogP contribution < -0.4 is 10.1 Å². The summed E-state index contributed by atoms with van der Waals surface area (Å²) in [6, 6.07) is 8.34. The Bertz CT molecular complexity index is 335. The zero-order valence-corrected chi connectivity index (χ0v) is 11.8. The van der Waals surface area contributed by atoms with Gasteiger partial charge in [-0.05, 0) is 44.9 Å². The number of rotatable bonds is 7.